The molecule has 142 valence electrons. The lowest BCUT2D eigenvalue weighted by Gasteiger charge is -2.03. The van der Waals surface area contributed by atoms with Gasteiger partial charge in [-0.1, -0.05) is 30.3 Å². The van der Waals surface area contributed by atoms with Crippen LogP contribution in [0, 0.1) is 13.8 Å². The molecule has 1 aliphatic carbocycles. The maximum absolute atomic E-state index is 12.8. The van der Waals surface area contributed by atoms with Gasteiger partial charge in [0.05, 0.1) is 16.8 Å². The average Bonchev–Trinajstić information content (AvgIpc) is 3.32. The van der Waals surface area contributed by atoms with Gasteiger partial charge in [0.2, 0.25) is 0 Å². The summed E-state index contributed by atoms with van der Waals surface area (Å²) in [5.41, 5.74) is 6.91. The van der Waals surface area contributed by atoms with Crippen molar-refractivity contribution < 1.29 is 14.0 Å². The summed E-state index contributed by atoms with van der Waals surface area (Å²) < 4.78 is 8.01. The van der Waals surface area contributed by atoms with Gasteiger partial charge in [0.1, 0.15) is 5.76 Å². The highest BCUT2D eigenvalue weighted by Crippen LogP contribution is 2.33. The number of carbonyl (C=O) groups excluding carboxylic acids is 2. The summed E-state index contributed by atoms with van der Waals surface area (Å²) in [6.07, 6.45) is 1.57. The summed E-state index contributed by atoms with van der Waals surface area (Å²) in [7, 11) is 1.98. The Kier molecular flexibility index (Phi) is 3.71. The van der Waals surface area contributed by atoms with Crippen LogP contribution in [0.25, 0.3) is 28.4 Å². The molecule has 4 heteroatoms. The number of hydrogen-bond donors (Lipinski definition) is 0. The summed E-state index contributed by atoms with van der Waals surface area (Å²) in [6.45, 7) is 3.89. The third-order valence-electron chi connectivity index (χ3n) is 5.72. The van der Waals surface area contributed by atoms with Crippen molar-refractivity contribution >= 4 is 28.7 Å². The topological polar surface area (TPSA) is 52.2 Å². The van der Waals surface area contributed by atoms with Crippen LogP contribution < -0.4 is 0 Å². The van der Waals surface area contributed by atoms with E-state index in [1.807, 2.05) is 63.4 Å². The zero-order valence-corrected chi connectivity index (χ0v) is 16.4. The van der Waals surface area contributed by atoms with Gasteiger partial charge in [0.15, 0.2) is 17.1 Å². The number of nitrogens with zero attached hydrogens (tertiary/aromatic N) is 1. The molecule has 0 fully saturated rings. The molecule has 0 aliphatic heterocycles. The minimum Gasteiger partial charge on any atom is -0.455 e. The standard InChI is InChI=1S/C25H19NO3/c1-14-9-18-19(10-15(14)2)25(28)20(24(18)27)11-17-12-22-23(29-17)13-21(26(22)3)16-7-5-4-6-8-16/h4-13H,1-3H3. The monoisotopic (exact) mass is 381 g/mol. The number of benzene rings is 2. The van der Waals surface area contributed by atoms with Crippen LogP contribution in [-0.4, -0.2) is 16.1 Å². The number of aromatic nitrogens is 1. The van der Waals surface area contributed by atoms with Crippen molar-refractivity contribution in [1.82, 2.24) is 4.57 Å². The van der Waals surface area contributed by atoms with E-state index in [0.717, 1.165) is 33.5 Å². The average molecular weight is 381 g/mol. The van der Waals surface area contributed by atoms with Crippen molar-refractivity contribution in [1.29, 1.82) is 0 Å². The first-order valence-corrected chi connectivity index (χ1v) is 9.51. The Morgan fingerprint density at radius 1 is 0.862 bits per heavy atom. The lowest BCUT2D eigenvalue weighted by Crippen LogP contribution is -1.99. The number of carbonyl (C=O) groups is 2. The Balaban J connectivity index is 1.56. The van der Waals surface area contributed by atoms with Gasteiger partial charge in [0, 0.05) is 30.3 Å². The molecule has 0 spiro atoms. The Hall–Kier alpha value is -3.66. The minimum absolute atomic E-state index is 0.160. The number of aryl methyl sites for hydroxylation is 3. The highest BCUT2D eigenvalue weighted by Gasteiger charge is 2.33. The first-order chi connectivity index (χ1) is 13.9. The van der Waals surface area contributed by atoms with Crippen LogP contribution in [0.1, 0.15) is 37.6 Å². The van der Waals surface area contributed by atoms with Gasteiger partial charge in [-0.05, 0) is 48.7 Å². The van der Waals surface area contributed by atoms with Crippen LogP contribution in [0.4, 0.5) is 0 Å². The predicted octanol–water partition coefficient (Wildman–Crippen LogP) is 5.52. The Morgan fingerprint density at radius 3 is 2.07 bits per heavy atom. The van der Waals surface area contributed by atoms with Crippen molar-refractivity contribution in [3.05, 3.63) is 88.2 Å². The van der Waals surface area contributed by atoms with Crippen molar-refractivity contribution in [3.8, 4) is 11.3 Å². The molecule has 0 radical (unpaired) electrons. The van der Waals surface area contributed by atoms with Crippen LogP contribution in [0.2, 0.25) is 0 Å². The number of fused-ring (bicyclic) bond motifs is 2. The highest BCUT2D eigenvalue weighted by atomic mass is 16.3. The third kappa shape index (κ3) is 2.60. The van der Waals surface area contributed by atoms with E-state index in [2.05, 4.69) is 4.57 Å². The Bertz CT molecular complexity index is 1310. The van der Waals surface area contributed by atoms with E-state index in [0.29, 0.717) is 16.9 Å². The van der Waals surface area contributed by atoms with Crippen molar-refractivity contribution in [2.24, 2.45) is 7.05 Å². The fraction of sp³-hybridized carbons (Fsp3) is 0.120. The first-order valence-electron chi connectivity index (χ1n) is 9.51. The van der Waals surface area contributed by atoms with E-state index in [-0.39, 0.29) is 17.1 Å². The maximum atomic E-state index is 12.8. The quantitative estimate of drug-likeness (QED) is 0.339. The van der Waals surface area contributed by atoms with Crippen LogP contribution in [0.5, 0.6) is 0 Å². The van der Waals surface area contributed by atoms with Crippen LogP contribution in [0.15, 0.2) is 64.6 Å². The maximum Gasteiger partial charge on any atom is 0.197 e. The normalized spacial score (nSPS) is 13.4. The molecule has 0 unspecified atom stereocenters. The van der Waals surface area contributed by atoms with E-state index in [9.17, 15) is 9.59 Å². The molecule has 0 saturated heterocycles. The lowest BCUT2D eigenvalue weighted by molar-refractivity contribution is 0.0990. The van der Waals surface area contributed by atoms with E-state index in [4.69, 9.17) is 4.42 Å². The molecule has 0 amide bonds. The van der Waals surface area contributed by atoms with Crippen molar-refractivity contribution in [3.63, 3.8) is 0 Å². The van der Waals surface area contributed by atoms with Gasteiger partial charge in [0.25, 0.3) is 0 Å². The zero-order valence-electron chi connectivity index (χ0n) is 16.4. The number of furan rings is 1. The molecule has 0 atom stereocenters. The van der Waals surface area contributed by atoms with E-state index >= 15 is 0 Å². The number of Topliss-reactive ketones (excluding diaryl/α,β-unsaturated/α-hetero) is 2. The molecular formula is C25H19NO3. The molecule has 4 nitrogen and oxygen atoms in total. The summed E-state index contributed by atoms with van der Waals surface area (Å²) in [6, 6.07) is 17.5. The second-order valence-electron chi connectivity index (χ2n) is 7.55. The molecule has 2 aromatic heterocycles. The summed E-state index contributed by atoms with van der Waals surface area (Å²) >= 11 is 0. The molecule has 2 aromatic carbocycles. The number of rotatable bonds is 2. The van der Waals surface area contributed by atoms with Gasteiger partial charge >= 0.3 is 0 Å². The molecular weight excluding hydrogens is 362 g/mol. The van der Waals surface area contributed by atoms with Gasteiger partial charge in [-0.3, -0.25) is 9.59 Å². The second-order valence-corrected chi connectivity index (χ2v) is 7.55. The van der Waals surface area contributed by atoms with Crippen molar-refractivity contribution in [2.75, 3.05) is 0 Å². The third-order valence-corrected chi connectivity index (χ3v) is 5.72. The smallest absolute Gasteiger partial charge is 0.197 e. The molecule has 5 rings (SSSR count). The van der Waals surface area contributed by atoms with Gasteiger partial charge in [-0.2, -0.15) is 0 Å². The van der Waals surface area contributed by atoms with Crippen LogP contribution in [0.3, 0.4) is 0 Å². The second kappa shape index (κ2) is 6.17. The van der Waals surface area contributed by atoms with E-state index in [1.54, 1.807) is 18.2 Å². The summed E-state index contributed by atoms with van der Waals surface area (Å²) in [5.74, 6) is 0.0280. The number of ketones is 2. The molecule has 0 bridgehead atoms. The molecule has 2 heterocycles. The largest absolute Gasteiger partial charge is 0.455 e. The molecule has 0 N–H and O–H groups in total. The van der Waals surface area contributed by atoms with Gasteiger partial charge in [-0.15, -0.1) is 0 Å². The van der Waals surface area contributed by atoms with E-state index < -0.39 is 0 Å². The SMILES string of the molecule is Cc1cc2c(cc1C)C(=O)C(=Cc1cc3c(cc(-c4ccccc4)n3C)o1)C2=O. The lowest BCUT2D eigenvalue weighted by atomic mass is 10.0. The van der Waals surface area contributed by atoms with Gasteiger partial charge < -0.3 is 8.98 Å². The zero-order chi connectivity index (χ0) is 20.3. The fourth-order valence-electron chi connectivity index (χ4n) is 3.95. The summed E-state index contributed by atoms with van der Waals surface area (Å²) in [5, 5.41) is 0. The number of hydrogen-bond acceptors (Lipinski definition) is 3. The first kappa shape index (κ1) is 17.4. The van der Waals surface area contributed by atoms with Crippen molar-refractivity contribution in [2.45, 2.75) is 13.8 Å². The summed E-state index contributed by atoms with van der Waals surface area (Å²) in [4.78, 5) is 25.6. The Morgan fingerprint density at radius 2 is 1.48 bits per heavy atom. The van der Waals surface area contributed by atoms with Gasteiger partial charge in [-0.25, -0.2) is 0 Å². The van der Waals surface area contributed by atoms with Crippen LogP contribution >= 0.6 is 0 Å². The molecule has 4 aromatic rings. The minimum atomic E-state index is -0.237. The molecule has 29 heavy (non-hydrogen) atoms. The van der Waals surface area contributed by atoms with Crippen LogP contribution in [-0.2, 0) is 7.05 Å². The predicted molar refractivity (Wildman–Crippen MR) is 113 cm³/mol. The molecule has 1 aliphatic rings. The highest BCUT2D eigenvalue weighted by molar-refractivity contribution is 6.41. The number of allylic oxidation sites excluding steroid dienone is 1. The molecule has 0 saturated carbocycles. The Labute approximate surface area is 168 Å². The van der Waals surface area contributed by atoms with E-state index in [1.165, 1.54) is 0 Å². The fourth-order valence-corrected chi connectivity index (χ4v) is 3.95.